The van der Waals surface area contributed by atoms with Crippen LogP contribution in [0.15, 0.2) is 41.8 Å². The molecular formula is C21H27N3O2S. The Labute approximate surface area is 165 Å². The number of amides is 3. The number of hydrogen-bond donors (Lipinski definition) is 0. The van der Waals surface area contributed by atoms with Gasteiger partial charge in [-0.25, -0.2) is 4.79 Å². The van der Waals surface area contributed by atoms with E-state index in [2.05, 4.69) is 23.6 Å². The number of benzene rings is 1. The molecule has 3 rings (SSSR count). The molecule has 1 aromatic carbocycles. The van der Waals surface area contributed by atoms with Crippen molar-refractivity contribution in [2.24, 2.45) is 0 Å². The molecule has 0 saturated heterocycles. The highest BCUT2D eigenvalue weighted by Gasteiger charge is 2.34. The van der Waals surface area contributed by atoms with E-state index >= 15 is 0 Å². The Kier molecular flexibility index (Phi) is 5.85. The van der Waals surface area contributed by atoms with Gasteiger partial charge in [0.15, 0.2) is 0 Å². The first kappa shape index (κ1) is 19.4. The standard InChI is InChI=1S/C21H27N3O2S/c1-15(2)24(21(26)22(3)4)14-19(25)23-12-10-18-17(11-13-27-18)20(23)16-8-6-5-7-9-16/h5-9,11,13,15,20H,10,12,14H2,1-4H3. The summed E-state index contributed by atoms with van der Waals surface area (Å²) in [7, 11) is 3.43. The normalized spacial score (nSPS) is 16.2. The van der Waals surface area contributed by atoms with Gasteiger partial charge in [-0.1, -0.05) is 30.3 Å². The number of carbonyl (C=O) groups is 2. The van der Waals surface area contributed by atoms with Crippen LogP contribution in [0, 0.1) is 0 Å². The van der Waals surface area contributed by atoms with Crippen LogP contribution in [0.4, 0.5) is 4.79 Å². The van der Waals surface area contributed by atoms with Gasteiger partial charge in [0, 0.05) is 31.6 Å². The van der Waals surface area contributed by atoms with Crippen LogP contribution in [-0.2, 0) is 11.2 Å². The predicted octanol–water partition coefficient (Wildman–Crippen LogP) is 3.61. The minimum atomic E-state index is -0.136. The van der Waals surface area contributed by atoms with Crippen LogP contribution in [0.1, 0.15) is 35.9 Å². The second-order valence-corrected chi connectivity index (χ2v) is 8.35. The summed E-state index contributed by atoms with van der Waals surface area (Å²) in [6.45, 7) is 4.65. The van der Waals surface area contributed by atoms with Crippen LogP contribution in [0.25, 0.3) is 0 Å². The summed E-state index contributed by atoms with van der Waals surface area (Å²) in [4.78, 5) is 32.2. The molecule has 3 amide bonds. The molecule has 5 nitrogen and oxygen atoms in total. The van der Waals surface area contributed by atoms with Gasteiger partial charge in [-0.2, -0.15) is 0 Å². The second kappa shape index (κ2) is 8.13. The van der Waals surface area contributed by atoms with Crippen molar-refractivity contribution in [3.63, 3.8) is 0 Å². The zero-order valence-electron chi connectivity index (χ0n) is 16.4. The number of nitrogens with zero attached hydrogens (tertiary/aromatic N) is 3. The summed E-state index contributed by atoms with van der Waals surface area (Å²) in [6.07, 6.45) is 0.866. The molecule has 1 atom stereocenters. The number of rotatable bonds is 4. The molecule has 0 saturated carbocycles. The van der Waals surface area contributed by atoms with Crippen LogP contribution < -0.4 is 0 Å². The van der Waals surface area contributed by atoms with Crippen molar-refractivity contribution >= 4 is 23.3 Å². The molecule has 0 bridgehead atoms. The topological polar surface area (TPSA) is 43.9 Å². The molecule has 27 heavy (non-hydrogen) atoms. The Bertz CT molecular complexity index is 801. The molecule has 1 unspecified atom stereocenters. The maximum Gasteiger partial charge on any atom is 0.320 e. The van der Waals surface area contributed by atoms with Crippen molar-refractivity contribution in [2.45, 2.75) is 32.4 Å². The lowest BCUT2D eigenvalue weighted by Gasteiger charge is -2.38. The molecule has 0 spiro atoms. The highest BCUT2D eigenvalue weighted by molar-refractivity contribution is 7.10. The smallest absolute Gasteiger partial charge is 0.320 e. The minimum Gasteiger partial charge on any atom is -0.331 e. The van der Waals surface area contributed by atoms with E-state index in [9.17, 15) is 9.59 Å². The zero-order valence-corrected chi connectivity index (χ0v) is 17.2. The highest BCUT2D eigenvalue weighted by atomic mass is 32.1. The summed E-state index contributed by atoms with van der Waals surface area (Å²) >= 11 is 1.76. The molecule has 6 heteroatoms. The monoisotopic (exact) mass is 385 g/mol. The Morgan fingerprint density at radius 3 is 2.52 bits per heavy atom. The van der Waals surface area contributed by atoms with Crippen LogP contribution in [-0.4, -0.2) is 59.9 Å². The van der Waals surface area contributed by atoms with Crippen molar-refractivity contribution in [1.29, 1.82) is 0 Å². The van der Waals surface area contributed by atoms with Crippen molar-refractivity contribution in [3.8, 4) is 0 Å². The van der Waals surface area contributed by atoms with E-state index in [0.29, 0.717) is 6.54 Å². The van der Waals surface area contributed by atoms with E-state index in [1.807, 2.05) is 36.9 Å². The van der Waals surface area contributed by atoms with Crippen molar-refractivity contribution in [1.82, 2.24) is 14.7 Å². The zero-order chi connectivity index (χ0) is 19.6. The molecule has 0 radical (unpaired) electrons. The fourth-order valence-corrected chi connectivity index (χ4v) is 4.45. The lowest BCUT2D eigenvalue weighted by molar-refractivity contribution is -0.134. The first-order chi connectivity index (χ1) is 12.9. The van der Waals surface area contributed by atoms with Crippen LogP contribution in [0.2, 0.25) is 0 Å². The van der Waals surface area contributed by atoms with Gasteiger partial charge in [-0.3, -0.25) is 4.79 Å². The number of hydrogen-bond acceptors (Lipinski definition) is 3. The van der Waals surface area contributed by atoms with Gasteiger partial charge in [0.1, 0.15) is 6.54 Å². The molecule has 2 aromatic rings. The molecule has 0 aliphatic carbocycles. The van der Waals surface area contributed by atoms with Gasteiger partial charge in [0.05, 0.1) is 6.04 Å². The van der Waals surface area contributed by atoms with E-state index in [-0.39, 0.29) is 30.6 Å². The van der Waals surface area contributed by atoms with E-state index in [0.717, 1.165) is 12.0 Å². The summed E-state index contributed by atoms with van der Waals surface area (Å²) in [6, 6.07) is 12.0. The van der Waals surface area contributed by atoms with E-state index < -0.39 is 0 Å². The maximum atomic E-state index is 13.3. The first-order valence-electron chi connectivity index (χ1n) is 9.28. The highest BCUT2D eigenvalue weighted by Crippen LogP contribution is 2.37. The SMILES string of the molecule is CC(C)N(CC(=O)N1CCc2sccc2C1c1ccccc1)C(=O)N(C)C. The van der Waals surface area contributed by atoms with Gasteiger partial charge in [0.2, 0.25) is 5.91 Å². The Morgan fingerprint density at radius 1 is 1.19 bits per heavy atom. The summed E-state index contributed by atoms with van der Waals surface area (Å²) in [5.41, 5.74) is 2.32. The number of thiophene rings is 1. The van der Waals surface area contributed by atoms with Gasteiger partial charge < -0.3 is 14.7 Å². The van der Waals surface area contributed by atoms with E-state index in [1.165, 1.54) is 15.3 Å². The lowest BCUT2D eigenvalue weighted by atomic mass is 9.93. The van der Waals surface area contributed by atoms with Gasteiger partial charge in [0.25, 0.3) is 0 Å². The molecule has 1 aromatic heterocycles. The van der Waals surface area contributed by atoms with E-state index in [4.69, 9.17) is 0 Å². The third kappa shape index (κ3) is 4.00. The van der Waals surface area contributed by atoms with Gasteiger partial charge >= 0.3 is 6.03 Å². The Morgan fingerprint density at radius 2 is 1.89 bits per heavy atom. The van der Waals surface area contributed by atoms with Crippen LogP contribution >= 0.6 is 11.3 Å². The number of carbonyl (C=O) groups excluding carboxylic acids is 2. The molecule has 0 fully saturated rings. The molecule has 1 aliphatic rings. The fourth-order valence-electron chi connectivity index (χ4n) is 3.54. The molecular weight excluding hydrogens is 358 g/mol. The average molecular weight is 386 g/mol. The minimum absolute atomic E-state index is 0.00963. The van der Waals surface area contributed by atoms with Crippen molar-refractivity contribution in [3.05, 3.63) is 57.8 Å². The quantitative estimate of drug-likeness (QED) is 0.807. The Hall–Kier alpha value is -2.34. The van der Waals surface area contributed by atoms with Crippen molar-refractivity contribution in [2.75, 3.05) is 27.2 Å². The van der Waals surface area contributed by atoms with Crippen molar-refractivity contribution < 1.29 is 9.59 Å². The van der Waals surface area contributed by atoms with Gasteiger partial charge in [-0.05, 0) is 42.8 Å². The summed E-state index contributed by atoms with van der Waals surface area (Å²) in [5.74, 6) is -0.00963. The third-order valence-electron chi connectivity index (χ3n) is 4.96. The molecule has 0 N–H and O–H groups in total. The summed E-state index contributed by atoms with van der Waals surface area (Å²) in [5, 5.41) is 2.10. The van der Waals surface area contributed by atoms with Crippen LogP contribution in [0.5, 0.6) is 0 Å². The first-order valence-corrected chi connectivity index (χ1v) is 10.2. The predicted molar refractivity (Wildman–Crippen MR) is 109 cm³/mol. The molecule has 1 aliphatic heterocycles. The van der Waals surface area contributed by atoms with Gasteiger partial charge in [-0.15, -0.1) is 11.3 Å². The second-order valence-electron chi connectivity index (χ2n) is 7.35. The molecule has 144 valence electrons. The third-order valence-corrected chi connectivity index (χ3v) is 5.96. The number of urea groups is 1. The average Bonchev–Trinajstić information content (AvgIpc) is 3.13. The largest absolute Gasteiger partial charge is 0.331 e. The van der Waals surface area contributed by atoms with Crippen LogP contribution in [0.3, 0.4) is 0 Å². The van der Waals surface area contributed by atoms with E-state index in [1.54, 1.807) is 30.3 Å². The summed E-state index contributed by atoms with van der Waals surface area (Å²) < 4.78 is 0. The molecule has 2 heterocycles. The fraction of sp³-hybridized carbons (Fsp3) is 0.429. The Balaban J connectivity index is 1.90. The maximum absolute atomic E-state index is 13.3. The number of fused-ring (bicyclic) bond motifs is 1. The lowest BCUT2D eigenvalue weighted by Crippen LogP contribution is -2.51.